The first-order valence-corrected chi connectivity index (χ1v) is 9.69. The molecule has 1 amide bonds. The van der Waals surface area contributed by atoms with E-state index in [2.05, 4.69) is 0 Å². The van der Waals surface area contributed by atoms with Crippen LogP contribution < -0.4 is 4.90 Å². The van der Waals surface area contributed by atoms with Crippen molar-refractivity contribution in [3.8, 4) is 0 Å². The summed E-state index contributed by atoms with van der Waals surface area (Å²) in [5.41, 5.74) is 4.75. The van der Waals surface area contributed by atoms with Crippen LogP contribution in [0.3, 0.4) is 0 Å². The highest BCUT2D eigenvalue weighted by molar-refractivity contribution is 6.23. The monoisotopic (exact) mass is 414 g/mol. The second kappa shape index (κ2) is 7.99. The van der Waals surface area contributed by atoms with Gasteiger partial charge in [-0.25, -0.2) is 4.39 Å². The van der Waals surface area contributed by atoms with Crippen molar-refractivity contribution < 1.29 is 14.1 Å². The number of non-ortho nitro benzene ring substituents is 1. The Hall–Kier alpha value is -4.06. The van der Waals surface area contributed by atoms with Crippen LogP contribution in [0.25, 0.3) is 11.8 Å². The highest BCUT2D eigenvalue weighted by Gasteiger charge is 2.30. The Balaban J connectivity index is 1.80. The highest BCUT2D eigenvalue weighted by Crippen LogP contribution is 2.36. The molecule has 0 aromatic heterocycles. The molecule has 1 aliphatic rings. The molecule has 5 nitrogen and oxygen atoms in total. The number of carbonyl (C=O) groups excluding carboxylic acids is 1. The predicted octanol–water partition coefficient (Wildman–Crippen LogP) is 5.82. The van der Waals surface area contributed by atoms with Gasteiger partial charge >= 0.3 is 0 Å². The van der Waals surface area contributed by atoms with Crippen LogP contribution in [-0.2, 0) is 4.79 Å². The summed E-state index contributed by atoms with van der Waals surface area (Å²) in [6.45, 7) is 3.64. The first-order valence-electron chi connectivity index (χ1n) is 9.69. The molecule has 154 valence electrons. The molecule has 0 fully saturated rings. The van der Waals surface area contributed by atoms with Crippen molar-refractivity contribution in [2.75, 3.05) is 4.90 Å². The Morgan fingerprint density at radius 3 is 2.26 bits per heavy atom. The van der Waals surface area contributed by atoms with E-state index in [4.69, 9.17) is 0 Å². The van der Waals surface area contributed by atoms with E-state index in [1.807, 2.05) is 31.2 Å². The molecule has 31 heavy (non-hydrogen) atoms. The minimum atomic E-state index is -0.467. The van der Waals surface area contributed by atoms with Gasteiger partial charge in [-0.05, 0) is 73.0 Å². The van der Waals surface area contributed by atoms with E-state index in [0.717, 1.165) is 11.1 Å². The maximum atomic E-state index is 13.8. The van der Waals surface area contributed by atoms with Crippen molar-refractivity contribution in [2.45, 2.75) is 13.8 Å². The van der Waals surface area contributed by atoms with Crippen LogP contribution in [0.15, 0.2) is 78.4 Å². The number of rotatable bonds is 4. The fourth-order valence-corrected chi connectivity index (χ4v) is 3.45. The number of carbonyl (C=O) groups is 1. The number of hydrogen-bond acceptors (Lipinski definition) is 3. The molecular formula is C25H19FN2O3. The maximum Gasteiger partial charge on any atom is 0.269 e. The quantitative estimate of drug-likeness (QED) is 0.307. The molecular weight excluding hydrogens is 395 g/mol. The van der Waals surface area contributed by atoms with Gasteiger partial charge < -0.3 is 0 Å². The third-order valence-corrected chi connectivity index (χ3v) is 5.16. The number of nitro groups is 1. The SMILES string of the molecule is Cc1ccc(C2=C/C(=C\c3ccc([N+](=O)[O-])cc3)C(=O)N2c2ccc(F)c(C)c2)cc1. The molecule has 0 saturated carbocycles. The normalized spacial score (nSPS) is 14.8. The van der Waals surface area contributed by atoms with Gasteiger partial charge in [0.15, 0.2) is 0 Å². The molecule has 0 saturated heterocycles. The van der Waals surface area contributed by atoms with Gasteiger partial charge in [0.25, 0.3) is 11.6 Å². The minimum absolute atomic E-state index is 0.0146. The van der Waals surface area contributed by atoms with Gasteiger partial charge in [-0.15, -0.1) is 0 Å². The number of nitro benzene ring substituents is 1. The van der Waals surface area contributed by atoms with Gasteiger partial charge in [0.2, 0.25) is 0 Å². The number of benzene rings is 3. The Kier molecular flexibility index (Phi) is 5.21. The van der Waals surface area contributed by atoms with Crippen LogP contribution in [-0.4, -0.2) is 10.8 Å². The van der Waals surface area contributed by atoms with E-state index in [0.29, 0.717) is 28.1 Å². The van der Waals surface area contributed by atoms with E-state index < -0.39 is 4.92 Å². The third-order valence-electron chi connectivity index (χ3n) is 5.16. The number of amides is 1. The molecule has 0 N–H and O–H groups in total. The second-order valence-corrected chi connectivity index (χ2v) is 7.42. The molecule has 3 aromatic rings. The lowest BCUT2D eigenvalue weighted by atomic mass is 10.1. The molecule has 1 heterocycles. The Labute approximate surface area is 178 Å². The van der Waals surface area contributed by atoms with Crippen molar-refractivity contribution in [1.82, 2.24) is 0 Å². The molecule has 0 spiro atoms. The van der Waals surface area contributed by atoms with Gasteiger partial charge in [0, 0.05) is 23.4 Å². The summed E-state index contributed by atoms with van der Waals surface area (Å²) in [4.78, 5) is 25.3. The first kappa shape index (κ1) is 20.2. The van der Waals surface area contributed by atoms with Crippen molar-refractivity contribution in [3.63, 3.8) is 0 Å². The van der Waals surface area contributed by atoms with E-state index in [1.165, 1.54) is 18.2 Å². The summed E-state index contributed by atoms with van der Waals surface area (Å²) >= 11 is 0. The number of hydrogen-bond donors (Lipinski definition) is 0. The molecule has 0 atom stereocenters. The van der Waals surface area contributed by atoms with Crippen LogP contribution in [0, 0.1) is 29.8 Å². The lowest BCUT2D eigenvalue weighted by Gasteiger charge is -2.21. The van der Waals surface area contributed by atoms with Crippen molar-refractivity contribution in [3.05, 3.63) is 117 Å². The topological polar surface area (TPSA) is 63.5 Å². The molecule has 4 rings (SSSR count). The van der Waals surface area contributed by atoms with Crippen LogP contribution in [0.5, 0.6) is 0 Å². The first-order chi connectivity index (χ1) is 14.8. The zero-order valence-corrected chi connectivity index (χ0v) is 17.0. The summed E-state index contributed by atoms with van der Waals surface area (Å²) in [7, 11) is 0. The molecule has 6 heteroatoms. The Morgan fingerprint density at radius 1 is 0.968 bits per heavy atom. The fourth-order valence-electron chi connectivity index (χ4n) is 3.45. The van der Waals surface area contributed by atoms with E-state index in [1.54, 1.807) is 48.2 Å². The van der Waals surface area contributed by atoms with Crippen molar-refractivity contribution >= 4 is 29.1 Å². The fraction of sp³-hybridized carbons (Fsp3) is 0.0800. The summed E-state index contributed by atoms with van der Waals surface area (Å²) in [6, 6.07) is 18.4. The second-order valence-electron chi connectivity index (χ2n) is 7.42. The van der Waals surface area contributed by atoms with Gasteiger partial charge in [0.05, 0.1) is 10.6 Å². The van der Waals surface area contributed by atoms with Gasteiger partial charge in [-0.3, -0.25) is 19.8 Å². The minimum Gasteiger partial charge on any atom is -0.276 e. The average Bonchev–Trinajstić information content (AvgIpc) is 3.07. The van der Waals surface area contributed by atoms with Crippen LogP contribution >= 0.6 is 0 Å². The van der Waals surface area contributed by atoms with E-state index in [9.17, 15) is 19.3 Å². The Bertz CT molecular complexity index is 1240. The smallest absolute Gasteiger partial charge is 0.269 e. The summed E-state index contributed by atoms with van der Waals surface area (Å²) in [5, 5.41) is 10.9. The maximum absolute atomic E-state index is 13.8. The Morgan fingerprint density at radius 2 is 1.65 bits per heavy atom. The van der Waals surface area contributed by atoms with E-state index in [-0.39, 0.29) is 17.4 Å². The lowest BCUT2D eigenvalue weighted by Crippen LogP contribution is -2.25. The van der Waals surface area contributed by atoms with E-state index >= 15 is 0 Å². The number of halogens is 1. The average molecular weight is 414 g/mol. The number of nitrogens with zero attached hydrogens (tertiary/aromatic N) is 2. The number of aryl methyl sites for hydroxylation is 2. The molecule has 0 aliphatic carbocycles. The predicted molar refractivity (Wildman–Crippen MR) is 119 cm³/mol. The number of anilines is 1. The largest absolute Gasteiger partial charge is 0.276 e. The summed E-state index contributed by atoms with van der Waals surface area (Å²) in [5.74, 6) is -0.585. The molecule has 0 radical (unpaired) electrons. The third kappa shape index (κ3) is 4.00. The molecule has 3 aromatic carbocycles. The zero-order chi connectivity index (χ0) is 22.1. The van der Waals surface area contributed by atoms with Crippen LogP contribution in [0.4, 0.5) is 15.8 Å². The molecule has 0 bridgehead atoms. The molecule has 0 unspecified atom stereocenters. The van der Waals surface area contributed by atoms with Crippen molar-refractivity contribution in [1.29, 1.82) is 0 Å². The van der Waals surface area contributed by atoms with Crippen LogP contribution in [0.1, 0.15) is 22.3 Å². The van der Waals surface area contributed by atoms with Gasteiger partial charge in [-0.2, -0.15) is 0 Å². The van der Waals surface area contributed by atoms with Gasteiger partial charge in [0.1, 0.15) is 5.82 Å². The summed E-state index contributed by atoms with van der Waals surface area (Å²) in [6.07, 6.45) is 3.48. The lowest BCUT2D eigenvalue weighted by molar-refractivity contribution is -0.384. The standard InChI is InChI=1S/C25H19FN2O3/c1-16-3-7-19(8-4-16)24-15-20(14-18-5-9-21(10-6-18)28(30)31)25(29)27(24)22-11-12-23(26)17(2)13-22/h3-15H,1-2H3/b20-14+. The molecule has 1 aliphatic heterocycles. The van der Waals surface area contributed by atoms with Crippen LogP contribution in [0.2, 0.25) is 0 Å². The highest BCUT2D eigenvalue weighted by atomic mass is 19.1. The van der Waals surface area contributed by atoms with Gasteiger partial charge in [-0.1, -0.05) is 29.8 Å². The summed E-state index contributed by atoms with van der Waals surface area (Å²) < 4.78 is 13.8. The van der Waals surface area contributed by atoms with Crippen molar-refractivity contribution in [2.24, 2.45) is 0 Å². The zero-order valence-electron chi connectivity index (χ0n) is 17.0.